The number of nitrogens with zero attached hydrogens (tertiary/aromatic N) is 4. The number of H-pyrrole nitrogens is 1. The molecule has 0 unspecified atom stereocenters. The van der Waals surface area contributed by atoms with Gasteiger partial charge in [0.05, 0.1) is 16.6 Å². The van der Waals surface area contributed by atoms with Crippen LogP contribution in [-0.2, 0) is 12.7 Å². The molecule has 1 aliphatic heterocycles. The zero-order valence-electron chi connectivity index (χ0n) is 20.9. The number of benzene rings is 2. The van der Waals surface area contributed by atoms with Gasteiger partial charge in [-0.1, -0.05) is 23.6 Å². The van der Waals surface area contributed by atoms with Crippen molar-refractivity contribution in [3.8, 4) is 11.8 Å². The van der Waals surface area contributed by atoms with Crippen LogP contribution in [0.25, 0.3) is 10.9 Å². The zero-order chi connectivity index (χ0) is 27.6. The quantitative estimate of drug-likeness (QED) is 0.347. The Morgan fingerprint density at radius 1 is 1.08 bits per heavy atom. The van der Waals surface area contributed by atoms with Crippen LogP contribution in [0.15, 0.2) is 54.9 Å². The van der Waals surface area contributed by atoms with Gasteiger partial charge < -0.3 is 10.2 Å². The number of likely N-dealkylation sites (N-methyl/N-ethyl adjacent to an activating group) is 1. The fraction of sp³-hybridized carbons (Fsp3) is 0.250. The summed E-state index contributed by atoms with van der Waals surface area (Å²) in [4.78, 5) is 21.1. The van der Waals surface area contributed by atoms with Gasteiger partial charge in [-0.2, -0.15) is 18.3 Å². The topological polar surface area (TPSA) is 77.2 Å². The maximum absolute atomic E-state index is 13.9. The maximum Gasteiger partial charge on any atom is 0.416 e. The fourth-order valence-corrected chi connectivity index (χ4v) is 4.52. The van der Waals surface area contributed by atoms with Crippen molar-refractivity contribution in [3.63, 3.8) is 0 Å². The standard InChI is InChI=1S/C28H24ClF3N6O/c1-37-8-10-38(11-9-37)17-19-3-5-22(14-24(19)28(30,31)32)34-27(39)20-12-18(15-33-16-20)2-6-25-23-13-21(29)4-7-26(23)36-35-25/h3-5,7,12-16H,8-11,17H2,1H3,(H,34,39)(H,35,36). The molecule has 1 fully saturated rings. The molecule has 11 heteroatoms. The van der Waals surface area contributed by atoms with E-state index in [0.717, 1.165) is 30.1 Å². The van der Waals surface area contributed by atoms with Gasteiger partial charge in [0.25, 0.3) is 5.91 Å². The Morgan fingerprint density at radius 3 is 2.64 bits per heavy atom. The molecule has 3 heterocycles. The van der Waals surface area contributed by atoms with Crippen LogP contribution >= 0.6 is 11.6 Å². The molecule has 39 heavy (non-hydrogen) atoms. The molecule has 7 nitrogen and oxygen atoms in total. The van der Waals surface area contributed by atoms with Crippen molar-refractivity contribution in [2.75, 3.05) is 38.5 Å². The number of aromatic amines is 1. The molecule has 0 atom stereocenters. The Labute approximate surface area is 228 Å². The number of pyridine rings is 1. The summed E-state index contributed by atoms with van der Waals surface area (Å²) in [5.41, 5.74) is 1.33. The molecule has 0 saturated carbocycles. The summed E-state index contributed by atoms with van der Waals surface area (Å²) < 4.78 is 41.7. The smallest absolute Gasteiger partial charge is 0.322 e. The molecule has 0 bridgehead atoms. The van der Waals surface area contributed by atoms with Gasteiger partial charge in [0.15, 0.2) is 0 Å². The monoisotopic (exact) mass is 552 g/mol. The van der Waals surface area contributed by atoms with Gasteiger partial charge in [-0.25, -0.2) is 0 Å². The minimum Gasteiger partial charge on any atom is -0.322 e. The summed E-state index contributed by atoms with van der Waals surface area (Å²) in [5, 5.41) is 10.9. The highest BCUT2D eigenvalue weighted by atomic mass is 35.5. The van der Waals surface area contributed by atoms with E-state index in [4.69, 9.17) is 11.6 Å². The third-order valence-corrected chi connectivity index (χ3v) is 6.75. The van der Waals surface area contributed by atoms with E-state index < -0.39 is 17.6 Å². The van der Waals surface area contributed by atoms with Crippen LogP contribution in [0.4, 0.5) is 18.9 Å². The summed E-state index contributed by atoms with van der Waals surface area (Å²) in [6.07, 6.45) is -1.74. The Bertz CT molecular complexity index is 1580. The van der Waals surface area contributed by atoms with Crippen LogP contribution in [0.2, 0.25) is 5.02 Å². The van der Waals surface area contributed by atoms with Gasteiger partial charge >= 0.3 is 6.18 Å². The second-order valence-corrected chi connectivity index (χ2v) is 9.81. The average molecular weight is 553 g/mol. The van der Waals surface area contributed by atoms with Gasteiger partial charge in [0, 0.05) is 66.8 Å². The van der Waals surface area contributed by atoms with E-state index in [1.807, 2.05) is 11.9 Å². The predicted molar refractivity (Wildman–Crippen MR) is 143 cm³/mol. The van der Waals surface area contributed by atoms with Crippen molar-refractivity contribution in [1.29, 1.82) is 0 Å². The number of hydrogen-bond donors (Lipinski definition) is 2. The molecule has 0 spiro atoms. The summed E-state index contributed by atoms with van der Waals surface area (Å²) in [6.45, 7) is 3.20. The lowest BCUT2D eigenvalue weighted by Crippen LogP contribution is -2.44. The Balaban J connectivity index is 1.33. The molecular weight excluding hydrogens is 529 g/mol. The molecular formula is C28H24ClF3N6O. The Kier molecular flexibility index (Phi) is 7.57. The van der Waals surface area contributed by atoms with Crippen molar-refractivity contribution >= 4 is 34.1 Å². The zero-order valence-corrected chi connectivity index (χ0v) is 21.7. The molecule has 1 amide bonds. The van der Waals surface area contributed by atoms with Crippen molar-refractivity contribution in [1.82, 2.24) is 25.0 Å². The summed E-state index contributed by atoms with van der Waals surface area (Å²) in [6, 6.07) is 10.7. The highest BCUT2D eigenvalue weighted by Crippen LogP contribution is 2.34. The van der Waals surface area contributed by atoms with Crippen LogP contribution in [0, 0.1) is 11.8 Å². The highest BCUT2D eigenvalue weighted by Gasteiger charge is 2.34. The van der Waals surface area contributed by atoms with Crippen LogP contribution in [0.5, 0.6) is 0 Å². The molecule has 2 N–H and O–H groups in total. The van der Waals surface area contributed by atoms with Gasteiger partial charge in [-0.3, -0.25) is 19.8 Å². The van der Waals surface area contributed by atoms with Crippen LogP contribution in [-0.4, -0.2) is 64.1 Å². The summed E-state index contributed by atoms with van der Waals surface area (Å²) >= 11 is 6.07. The first-order valence-corrected chi connectivity index (χ1v) is 12.6. The number of fused-ring (bicyclic) bond motifs is 1. The number of anilines is 1. The summed E-state index contributed by atoms with van der Waals surface area (Å²) in [5.74, 6) is 5.27. The molecule has 1 aliphatic rings. The van der Waals surface area contributed by atoms with E-state index in [-0.39, 0.29) is 23.4 Å². The first-order chi connectivity index (χ1) is 18.7. The molecule has 4 aromatic rings. The van der Waals surface area contributed by atoms with E-state index in [2.05, 4.69) is 37.2 Å². The predicted octanol–water partition coefficient (Wildman–Crippen LogP) is 5.03. The van der Waals surface area contributed by atoms with Crippen molar-refractivity contribution in [2.45, 2.75) is 12.7 Å². The SMILES string of the molecule is CN1CCN(Cc2ccc(NC(=O)c3cncc(C#Cc4n[nH]c5ccc(Cl)cc45)c3)cc2C(F)(F)F)CC1. The van der Waals surface area contributed by atoms with Gasteiger partial charge in [-0.05, 0) is 54.9 Å². The number of halogens is 4. The number of rotatable bonds is 4. The third kappa shape index (κ3) is 6.40. The molecule has 0 radical (unpaired) electrons. The Morgan fingerprint density at radius 2 is 1.87 bits per heavy atom. The van der Waals surface area contributed by atoms with Crippen molar-refractivity contribution in [3.05, 3.63) is 87.8 Å². The van der Waals surface area contributed by atoms with E-state index >= 15 is 0 Å². The van der Waals surface area contributed by atoms with Gasteiger partial charge in [-0.15, -0.1) is 0 Å². The lowest BCUT2D eigenvalue weighted by Gasteiger charge is -2.33. The Hall–Kier alpha value is -3.91. The first kappa shape index (κ1) is 26.7. The summed E-state index contributed by atoms with van der Waals surface area (Å²) in [7, 11) is 1.99. The van der Waals surface area contributed by atoms with Crippen LogP contribution in [0.1, 0.15) is 32.7 Å². The number of hydrogen-bond acceptors (Lipinski definition) is 5. The minimum atomic E-state index is -4.56. The number of carbonyl (C=O) groups is 1. The van der Waals surface area contributed by atoms with Gasteiger partial charge in [0.1, 0.15) is 5.69 Å². The van der Waals surface area contributed by atoms with E-state index in [0.29, 0.717) is 29.4 Å². The highest BCUT2D eigenvalue weighted by molar-refractivity contribution is 6.31. The minimum absolute atomic E-state index is 0.0470. The number of piperazine rings is 1. The molecule has 2 aromatic carbocycles. The van der Waals surface area contributed by atoms with Crippen molar-refractivity contribution in [2.24, 2.45) is 0 Å². The van der Waals surface area contributed by atoms with E-state index in [9.17, 15) is 18.0 Å². The number of alkyl halides is 3. The molecule has 2 aromatic heterocycles. The van der Waals surface area contributed by atoms with E-state index in [1.54, 1.807) is 18.2 Å². The normalized spacial score (nSPS) is 14.7. The van der Waals surface area contributed by atoms with E-state index in [1.165, 1.54) is 30.6 Å². The number of carbonyl (C=O) groups excluding carboxylic acids is 1. The number of amides is 1. The first-order valence-electron chi connectivity index (χ1n) is 12.2. The second-order valence-electron chi connectivity index (χ2n) is 9.38. The average Bonchev–Trinajstić information content (AvgIpc) is 3.31. The molecule has 5 rings (SSSR count). The second kappa shape index (κ2) is 11.1. The fourth-order valence-electron chi connectivity index (χ4n) is 4.35. The lowest BCUT2D eigenvalue weighted by atomic mass is 10.0. The maximum atomic E-state index is 13.9. The largest absolute Gasteiger partial charge is 0.416 e. The number of aromatic nitrogens is 3. The number of nitrogens with one attached hydrogen (secondary N) is 2. The van der Waals surface area contributed by atoms with Crippen LogP contribution in [0.3, 0.4) is 0 Å². The third-order valence-electron chi connectivity index (χ3n) is 6.51. The lowest BCUT2D eigenvalue weighted by molar-refractivity contribution is -0.138. The van der Waals surface area contributed by atoms with Crippen LogP contribution < -0.4 is 5.32 Å². The molecule has 0 aliphatic carbocycles. The molecule has 1 saturated heterocycles. The van der Waals surface area contributed by atoms with Crippen molar-refractivity contribution < 1.29 is 18.0 Å². The molecule has 200 valence electrons. The van der Waals surface area contributed by atoms with Gasteiger partial charge in [0.2, 0.25) is 0 Å².